The number of rotatable bonds is 10. The molecule has 0 bridgehead atoms. The average Bonchev–Trinajstić information content (AvgIpc) is 3.21. The Balaban J connectivity index is 1.41. The highest BCUT2D eigenvalue weighted by Crippen LogP contribution is 2.28. The molecular weight excluding hydrogens is 420 g/mol. The molecule has 1 aromatic heterocycles. The predicted molar refractivity (Wildman–Crippen MR) is 121 cm³/mol. The van der Waals surface area contributed by atoms with Crippen LogP contribution in [0.2, 0.25) is 0 Å². The Morgan fingerprint density at radius 1 is 1.07 bits per heavy atom. The Labute approximate surface area is 184 Å². The van der Waals surface area contributed by atoms with Crippen LogP contribution in [0.15, 0.2) is 46.8 Å². The summed E-state index contributed by atoms with van der Waals surface area (Å²) >= 11 is 2.80. The number of hydrogen-bond donors (Lipinski definition) is 2. The number of thioether (sulfide) groups is 1. The number of hydrogen-bond acceptors (Lipinski definition) is 8. The lowest BCUT2D eigenvalue weighted by molar-refractivity contribution is -0.118. The molecule has 1 heterocycles. The number of benzene rings is 2. The highest BCUT2D eigenvalue weighted by Gasteiger charge is 2.09. The number of carbonyl (C=O) groups excluding carboxylic acids is 1. The second kappa shape index (κ2) is 10.8. The van der Waals surface area contributed by atoms with Gasteiger partial charge in [0.25, 0.3) is 0 Å². The van der Waals surface area contributed by atoms with E-state index in [-0.39, 0.29) is 5.91 Å². The maximum absolute atomic E-state index is 12.1. The fraction of sp³-hybridized carbons (Fsp3) is 0.286. The monoisotopic (exact) mass is 444 g/mol. The van der Waals surface area contributed by atoms with Crippen LogP contribution >= 0.6 is 23.1 Å². The minimum Gasteiger partial charge on any atom is -0.493 e. The maximum Gasteiger partial charge on any atom is 0.230 e. The number of aryl methyl sites for hydroxylation is 1. The van der Waals surface area contributed by atoms with Gasteiger partial charge in [0, 0.05) is 12.2 Å². The lowest BCUT2D eigenvalue weighted by Gasteiger charge is -2.10. The number of amides is 1. The van der Waals surface area contributed by atoms with Crippen LogP contribution in [0.1, 0.15) is 11.1 Å². The first kappa shape index (κ1) is 21.9. The zero-order chi connectivity index (χ0) is 21.3. The van der Waals surface area contributed by atoms with Crippen LogP contribution in [0, 0.1) is 6.92 Å². The Morgan fingerprint density at radius 3 is 2.57 bits per heavy atom. The van der Waals surface area contributed by atoms with Gasteiger partial charge in [0.15, 0.2) is 15.8 Å². The van der Waals surface area contributed by atoms with Gasteiger partial charge in [-0.25, -0.2) is 0 Å². The van der Waals surface area contributed by atoms with Crippen molar-refractivity contribution >= 4 is 39.8 Å². The van der Waals surface area contributed by atoms with Crippen molar-refractivity contribution in [3.8, 4) is 11.5 Å². The summed E-state index contributed by atoms with van der Waals surface area (Å²) < 4.78 is 11.3. The first-order valence-corrected chi connectivity index (χ1v) is 11.1. The molecule has 0 fully saturated rings. The largest absolute Gasteiger partial charge is 0.493 e. The van der Waals surface area contributed by atoms with E-state index >= 15 is 0 Å². The highest BCUT2D eigenvalue weighted by atomic mass is 32.2. The third-order valence-electron chi connectivity index (χ3n) is 4.22. The van der Waals surface area contributed by atoms with E-state index in [1.54, 1.807) is 14.2 Å². The molecule has 3 rings (SSSR count). The van der Waals surface area contributed by atoms with Crippen LogP contribution in [-0.2, 0) is 11.2 Å². The van der Waals surface area contributed by atoms with Crippen molar-refractivity contribution in [3.05, 3.63) is 53.6 Å². The SMILES string of the molecule is COc1ccc(CCNC(=O)CSc2nnc(Nc3ccc(C)cc3)s2)cc1OC. The Hall–Kier alpha value is -2.78. The Morgan fingerprint density at radius 2 is 1.83 bits per heavy atom. The zero-order valence-corrected chi connectivity index (χ0v) is 18.7. The van der Waals surface area contributed by atoms with Crippen LogP contribution in [0.3, 0.4) is 0 Å². The summed E-state index contributed by atoms with van der Waals surface area (Å²) in [6.07, 6.45) is 0.709. The topological polar surface area (TPSA) is 85.4 Å². The van der Waals surface area contributed by atoms with E-state index in [1.165, 1.54) is 28.7 Å². The van der Waals surface area contributed by atoms with Gasteiger partial charge in [-0.05, 0) is 43.2 Å². The van der Waals surface area contributed by atoms with Crippen LogP contribution in [-0.4, -0.2) is 42.6 Å². The molecule has 9 heteroatoms. The van der Waals surface area contributed by atoms with Crippen molar-refractivity contribution in [1.82, 2.24) is 15.5 Å². The molecule has 0 atom stereocenters. The minimum absolute atomic E-state index is 0.0382. The van der Waals surface area contributed by atoms with Gasteiger partial charge in [0.2, 0.25) is 11.0 Å². The van der Waals surface area contributed by atoms with E-state index in [0.29, 0.717) is 35.3 Å². The second-order valence-corrected chi connectivity index (χ2v) is 8.64. The van der Waals surface area contributed by atoms with E-state index < -0.39 is 0 Å². The van der Waals surface area contributed by atoms with Crippen molar-refractivity contribution in [1.29, 1.82) is 0 Å². The smallest absolute Gasteiger partial charge is 0.230 e. The van der Waals surface area contributed by atoms with Gasteiger partial charge in [0.05, 0.1) is 20.0 Å². The number of methoxy groups -OCH3 is 2. The van der Waals surface area contributed by atoms with Gasteiger partial charge in [-0.2, -0.15) is 0 Å². The molecule has 0 saturated heterocycles. The molecule has 0 saturated carbocycles. The zero-order valence-electron chi connectivity index (χ0n) is 17.1. The lowest BCUT2D eigenvalue weighted by atomic mass is 10.1. The van der Waals surface area contributed by atoms with Gasteiger partial charge < -0.3 is 20.1 Å². The molecule has 0 aliphatic rings. The maximum atomic E-state index is 12.1. The van der Waals surface area contributed by atoms with Crippen LogP contribution < -0.4 is 20.1 Å². The second-order valence-electron chi connectivity index (χ2n) is 6.44. The van der Waals surface area contributed by atoms with Crippen molar-refractivity contribution in [2.75, 3.05) is 31.8 Å². The fourth-order valence-electron chi connectivity index (χ4n) is 2.64. The van der Waals surface area contributed by atoms with Crippen LogP contribution in [0.4, 0.5) is 10.8 Å². The molecule has 158 valence electrons. The number of ether oxygens (including phenoxy) is 2. The van der Waals surface area contributed by atoms with E-state index in [4.69, 9.17) is 9.47 Å². The Kier molecular flexibility index (Phi) is 7.92. The molecule has 1 amide bonds. The number of nitrogens with one attached hydrogen (secondary N) is 2. The summed E-state index contributed by atoms with van der Waals surface area (Å²) in [5.74, 6) is 1.63. The standard InChI is InChI=1S/C21H24N4O3S2/c1-14-4-7-16(8-5-14)23-20-24-25-21(30-20)29-13-19(26)22-11-10-15-6-9-17(27-2)18(12-15)28-3/h4-9,12H,10-11,13H2,1-3H3,(H,22,26)(H,23,24). The van der Waals surface area contributed by atoms with Gasteiger partial charge in [-0.3, -0.25) is 4.79 Å². The molecule has 7 nitrogen and oxygen atoms in total. The molecule has 30 heavy (non-hydrogen) atoms. The number of carbonyl (C=O) groups is 1. The van der Waals surface area contributed by atoms with E-state index in [0.717, 1.165) is 15.6 Å². The molecule has 0 radical (unpaired) electrons. The third-order valence-corrected chi connectivity index (χ3v) is 6.19. The summed E-state index contributed by atoms with van der Waals surface area (Å²) in [6.45, 7) is 2.59. The number of anilines is 2. The van der Waals surface area contributed by atoms with E-state index in [1.807, 2.05) is 49.4 Å². The summed E-state index contributed by atoms with van der Waals surface area (Å²) in [7, 11) is 3.21. The molecule has 0 spiro atoms. The molecule has 0 aliphatic heterocycles. The van der Waals surface area contributed by atoms with Gasteiger partial charge >= 0.3 is 0 Å². The molecule has 0 unspecified atom stereocenters. The van der Waals surface area contributed by atoms with E-state index in [9.17, 15) is 4.79 Å². The molecule has 2 N–H and O–H groups in total. The van der Waals surface area contributed by atoms with E-state index in [2.05, 4.69) is 20.8 Å². The molecular formula is C21H24N4O3S2. The lowest BCUT2D eigenvalue weighted by Crippen LogP contribution is -2.27. The quantitative estimate of drug-likeness (QED) is 0.456. The predicted octanol–water partition coefficient (Wildman–Crippen LogP) is 4.06. The van der Waals surface area contributed by atoms with Gasteiger partial charge in [-0.15, -0.1) is 10.2 Å². The molecule has 2 aromatic carbocycles. The summed E-state index contributed by atoms with van der Waals surface area (Å²) in [6, 6.07) is 13.8. The Bertz CT molecular complexity index is 977. The summed E-state index contributed by atoms with van der Waals surface area (Å²) in [5, 5.41) is 15.1. The van der Waals surface area contributed by atoms with Crippen molar-refractivity contribution in [2.45, 2.75) is 17.7 Å². The third kappa shape index (κ3) is 6.36. The molecule has 3 aromatic rings. The van der Waals surface area contributed by atoms with Crippen molar-refractivity contribution in [3.63, 3.8) is 0 Å². The fourth-order valence-corrected chi connectivity index (χ4v) is 4.24. The first-order valence-electron chi connectivity index (χ1n) is 9.35. The van der Waals surface area contributed by atoms with Crippen molar-refractivity contribution < 1.29 is 14.3 Å². The normalized spacial score (nSPS) is 10.5. The van der Waals surface area contributed by atoms with Gasteiger partial charge in [-0.1, -0.05) is 46.9 Å². The van der Waals surface area contributed by atoms with Crippen molar-refractivity contribution in [2.24, 2.45) is 0 Å². The number of aromatic nitrogens is 2. The highest BCUT2D eigenvalue weighted by molar-refractivity contribution is 8.01. The first-order chi connectivity index (χ1) is 14.6. The summed E-state index contributed by atoms with van der Waals surface area (Å²) in [5.41, 5.74) is 3.23. The molecule has 0 aliphatic carbocycles. The average molecular weight is 445 g/mol. The van der Waals surface area contributed by atoms with Crippen LogP contribution in [0.25, 0.3) is 0 Å². The minimum atomic E-state index is -0.0382. The summed E-state index contributed by atoms with van der Waals surface area (Å²) in [4.78, 5) is 12.1. The number of nitrogens with zero attached hydrogens (tertiary/aromatic N) is 2. The van der Waals surface area contributed by atoms with Gasteiger partial charge in [0.1, 0.15) is 0 Å². The van der Waals surface area contributed by atoms with Crippen LogP contribution in [0.5, 0.6) is 11.5 Å².